The average molecular weight is 493 g/mol. The van der Waals surface area contributed by atoms with E-state index < -0.39 is 66.3 Å². The number of nitrogens with zero attached hydrogens (tertiary/aromatic N) is 2. The SMILES string of the molecule is Cc1cc(OC(F)F)cnc1C(=O)Cc1cc(F)c(F)c([C@]2(C)C[C@@H](C(F)(F)F)OC(N)=N2)c1. The van der Waals surface area contributed by atoms with Crippen LogP contribution in [-0.2, 0) is 16.7 Å². The molecule has 1 aliphatic rings. The van der Waals surface area contributed by atoms with E-state index in [0.29, 0.717) is 0 Å². The molecule has 0 saturated carbocycles. The Morgan fingerprint density at radius 2 is 1.97 bits per heavy atom. The van der Waals surface area contributed by atoms with E-state index in [1.54, 1.807) is 0 Å². The van der Waals surface area contributed by atoms with Crippen molar-refractivity contribution in [3.05, 3.63) is 58.4 Å². The molecular weight excluding hydrogens is 475 g/mol. The second-order valence-electron chi connectivity index (χ2n) is 7.83. The predicted molar refractivity (Wildman–Crippen MR) is 105 cm³/mol. The number of rotatable bonds is 6. The number of alkyl halides is 5. The molecule has 1 aromatic heterocycles. The smallest absolute Gasteiger partial charge is 0.425 e. The number of nitrogens with two attached hydrogens (primary N) is 1. The molecule has 13 heteroatoms. The number of Topliss-reactive ketones (excluding diaryl/α,β-unsaturated/α-hetero) is 1. The molecule has 3 rings (SSSR count). The van der Waals surface area contributed by atoms with Crippen LogP contribution in [0.15, 0.2) is 29.4 Å². The minimum atomic E-state index is -4.84. The summed E-state index contributed by atoms with van der Waals surface area (Å²) in [5.74, 6) is -3.80. The van der Waals surface area contributed by atoms with Gasteiger partial charge in [0.15, 0.2) is 23.5 Å². The Morgan fingerprint density at radius 3 is 2.56 bits per heavy atom. The van der Waals surface area contributed by atoms with Crippen molar-refractivity contribution in [2.45, 2.75) is 51.1 Å². The van der Waals surface area contributed by atoms with Crippen LogP contribution in [0.4, 0.5) is 30.7 Å². The summed E-state index contributed by atoms with van der Waals surface area (Å²) < 4.78 is 102. The fourth-order valence-corrected chi connectivity index (χ4v) is 3.63. The second-order valence-corrected chi connectivity index (χ2v) is 7.83. The highest BCUT2D eigenvalue weighted by atomic mass is 19.4. The molecule has 0 unspecified atom stereocenters. The molecule has 184 valence electrons. The maximum atomic E-state index is 14.7. The van der Waals surface area contributed by atoms with Gasteiger partial charge < -0.3 is 15.2 Å². The molecule has 1 aliphatic heterocycles. The van der Waals surface area contributed by atoms with E-state index in [1.807, 2.05) is 0 Å². The molecule has 0 fully saturated rings. The minimum absolute atomic E-state index is 0.0712. The summed E-state index contributed by atoms with van der Waals surface area (Å²) in [6, 6.07) is 2.05. The number of amidine groups is 1. The predicted octanol–water partition coefficient (Wildman–Crippen LogP) is 4.58. The maximum absolute atomic E-state index is 14.7. The number of benzene rings is 1. The second kappa shape index (κ2) is 9.11. The van der Waals surface area contributed by atoms with Gasteiger partial charge >= 0.3 is 12.8 Å². The number of ether oxygens (including phenoxy) is 2. The van der Waals surface area contributed by atoms with Crippen molar-refractivity contribution in [2.24, 2.45) is 10.7 Å². The first-order valence-electron chi connectivity index (χ1n) is 9.71. The summed E-state index contributed by atoms with van der Waals surface area (Å²) in [6.45, 7) is -0.547. The average Bonchev–Trinajstić information content (AvgIpc) is 2.68. The number of carbonyl (C=O) groups is 1. The molecule has 2 aromatic rings. The maximum Gasteiger partial charge on any atom is 0.425 e. The van der Waals surface area contributed by atoms with Crippen molar-refractivity contribution in [1.82, 2.24) is 4.98 Å². The molecule has 0 saturated heterocycles. The monoisotopic (exact) mass is 493 g/mol. The normalized spacial score (nSPS) is 20.6. The fraction of sp³-hybridized carbons (Fsp3) is 0.381. The van der Waals surface area contributed by atoms with E-state index in [-0.39, 0.29) is 22.6 Å². The number of halogens is 7. The highest BCUT2D eigenvalue weighted by Crippen LogP contribution is 2.41. The summed E-state index contributed by atoms with van der Waals surface area (Å²) in [5, 5.41) is 0. The van der Waals surface area contributed by atoms with Crippen molar-refractivity contribution in [3.8, 4) is 5.75 Å². The molecule has 2 atom stereocenters. The van der Waals surface area contributed by atoms with Gasteiger partial charge in [-0.25, -0.2) is 18.8 Å². The topological polar surface area (TPSA) is 86.8 Å². The van der Waals surface area contributed by atoms with Crippen molar-refractivity contribution in [2.75, 3.05) is 0 Å². The molecule has 34 heavy (non-hydrogen) atoms. The molecule has 0 spiro atoms. The van der Waals surface area contributed by atoms with Gasteiger partial charge in [-0.15, -0.1) is 0 Å². The Labute approximate surface area is 188 Å². The van der Waals surface area contributed by atoms with Gasteiger partial charge in [-0.1, -0.05) is 0 Å². The number of aromatic nitrogens is 1. The van der Waals surface area contributed by atoms with Gasteiger partial charge in [0, 0.05) is 18.4 Å². The van der Waals surface area contributed by atoms with Crippen LogP contribution in [0, 0.1) is 18.6 Å². The highest BCUT2D eigenvalue weighted by Gasteiger charge is 2.50. The zero-order valence-electron chi connectivity index (χ0n) is 17.7. The van der Waals surface area contributed by atoms with Crippen molar-refractivity contribution >= 4 is 11.8 Å². The Morgan fingerprint density at radius 1 is 1.29 bits per heavy atom. The van der Waals surface area contributed by atoms with E-state index in [1.165, 1.54) is 6.92 Å². The van der Waals surface area contributed by atoms with Gasteiger partial charge in [-0.2, -0.15) is 22.0 Å². The largest absolute Gasteiger partial charge is 0.452 e. The van der Waals surface area contributed by atoms with Crippen LogP contribution in [0.2, 0.25) is 0 Å². The van der Waals surface area contributed by atoms with Crippen LogP contribution in [0.5, 0.6) is 5.75 Å². The molecular formula is C21H18F7N3O3. The van der Waals surface area contributed by atoms with Crippen LogP contribution in [0.1, 0.15) is 40.5 Å². The lowest BCUT2D eigenvalue weighted by atomic mass is 9.84. The fourth-order valence-electron chi connectivity index (χ4n) is 3.63. The summed E-state index contributed by atoms with van der Waals surface area (Å²) in [7, 11) is 0. The zero-order chi connectivity index (χ0) is 25.4. The van der Waals surface area contributed by atoms with Gasteiger partial charge in [0.05, 0.1) is 11.7 Å². The third kappa shape index (κ3) is 5.39. The highest BCUT2D eigenvalue weighted by molar-refractivity contribution is 5.97. The molecule has 2 heterocycles. The zero-order valence-corrected chi connectivity index (χ0v) is 17.7. The summed E-state index contributed by atoms with van der Waals surface area (Å²) in [5.41, 5.74) is 2.87. The Balaban J connectivity index is 1.93. The first kappa shape index (κ1) is 25.2. The standard InChI is InChI=1S/C21H18F7N3O3/c1-9-3-11(33-18(24)25)8-30-17(9)14(32)6-10-4-12(16(23)13(22)5-10)20(2)7-15(21(26,27)28)34-19(29)31-20/h3-5,8,15,18H,6-7H2,1-2H3,(H2,29,31)/t15-,20-/m0/s1. The van der Waals surface area contributed by atoms with Gasteiger partial charge in [0.1, 0.15) is 11.4 Å². The van der Waals surface area contributed by atoms with Crippen molar-refractivity contribution in [3.63, 3.8) is 0 Å². The van der Waals surface area contributed by atoms with Crippen LogP contribution in [-0.4, -0.2) is 35.7 Å². The molecule has 2 N–H and O–H groups in total. The number of carbonyl (C=O) groups excluding carboxylic acids is 1. The lowest BCUT2D eigenvalue weighted by Crippen LogP contribution is -2.46. The summed E-state index contributed by atoms with van der Waals surface area (Å²) in [6.07, 6.45) is -7.73. The number of ketones is 1. The lowest BCUT2D eigenvalue weighted by Gasteiger charge is -2.36. The van der Waals surface area contributed by atoms with E-state index in [4.69, 9.17) is 5.73 Å². The van der Waals surface area contributed by atoms with E-state index in [2.05, 4.69) is 19.5 Å². The lowest BCUT2D eigenvalue weighted by molar-refractivity contribution is -0.208. The Hall–Kier alpha value is -3.38. The number of aliphatic imine (C=N–C) groups is 1. The number of hydrogen-bond donors (Lipinski definition) is 1. The third-order valence-corrected chi connectivity index (χ3v) is 5.14. The van der Waals surface area contributed by atoms with Crippen LogP contribution in [0.3, 0.4) is 0 Å². The van der Waals surface area contributed by atoms with E-state index in [9.17, 15) is 35.5 Å². The molecule has 6 nitrogen and oxygen atoms in total. The number of pyridine rings is 1. The first-order chi connectivity index (χ1) is 15.7. The van der Waals surface area contributed by atoms with Crippen LogP contribution >= 0.6 is 0 Å². The summed E-state index contributed by atoms with van der Waals surface area (Å²) in [4.78, 5) is 20.2. The number of aryl methyl sites for hydroxylation is 1. The third-order valence-electron chi connectivity index (χ3n) is 5.14. The van der Waals surface area contributed by atoms with Crippen molar-refractivity contribution in [1.29, 1.82) is 0 Å². The van der Waals surface area contributed by atoms with Crippen LogP contribution in [0.25, 0.3) is 0 Å². The molecule has 0 radical (unpaired) electrons. The first-order valence-corrected chi connectivity index (χ1v) is 9.71. The van der Waals surface area contributed by atoms with Gasteiger partial charge in [-0.05, 0) is 43.2 Å². The quantitative estimate of drug-likeness (QED) is 0.471. The van der Waals surface area contributed by atoms with Gasteiger partial charge in [0.25, 0.3) is 6.02 Å². The Bertz CT molecular complexity index is 1140. The minimum Gasteiger partial charge on any atom is -0.452 e. The van der Waals surface area contributed by atoms with E-state index in [0.717, 1.165) is 31.3 Å². The van der Waals surface area contributed by atoms with Gasteiger partial charge in [-0.3, -0.25) is 4.79 Å². The molecule has 0 amide bonds. The Kier molecular flexibility index (Phi) is 6.76. The van der Waals surface area contributed by atoms with Crippen LogP contribution < -0.4 is 10.5 Å². The van der Waals surface area contributed by atoms with Gasteiger partial charge in [0.2, 0.25) is 0 Å². The molecule has 0 bridgehead atoms. The summed E-state index contributed by atoms with van der Waals surface area (Å²) >= 11 is 0. The molecule has 0 aliphatic carbocycles. The number of hydrogen-bond acceptors (Lipinski definition) is 6. The van der Waals surface area contributed by atoms with E-state index >= 15 is 0 Å². The molecule has 1 aromatic carbocycles. The van der Waals surface area contributed by atoms with Crippen molar-refractivity contribution < 1.29 is 45.0 Å².